The second kappa shape index (κ2) is 10.7. The van der Waals surface area contributed by atoms with E-state index in [9.17, 15) is 14.0 Å². The summed E-state index contributed by atoms with van der Waals surface area (Å²) in [6.07, 6.45) is 1.60. The maximum atomic E-state index is 14.1. The maximum Gasteiger partial charge on any atom is 0.293 e. The molecular weight excluding hydrogens is 588 g/mol. The van der Waals surface area contributed by atoms with Crippen LogP contribution in [0.1, 0.15) is 16.7 Å². The third-order valence-electron chi connectivity index (χ3n) is 4.90. The number of amides is 2. The lowest BCUT2D eigenvalue weighted by atomic mass is 10.2. The molecule has 34 heavy (non-hydrogen) atoms. The molecule has 2 amide bonds. The van der Waals surface area contributed by atoms with Crippen molar-refractivity contribution in [3.05, 3.63) is 102 Å². The highest BCUT2D eigenvalue weighted by atomic mass is 79.9. The van der Waals surface area contributed by atoms with E-state index in [0.717, 1.165) is 22.2 Å². The van der Waals surface area contributed by atoms with Crippen molar-refractivity contribution in [2.75, 3.05) is 0 Å². The van der Waals surface area contributed by atoms with Gasteiger partial charge in [-0.1, -0.05) is 53.0 Å². The van der Waals surface area contributed by atoms with Crippen LogP contribution >= 0.6 is 62.5 Å². The summed E-state index contributed by atoms with van der Waals surface area (Å²) >= 11 is 22.4. The molecule has 0 atom stereocenters. The summed E-state index contributed by atoms with van der Waals surface area (Å²) in [6.45, 7) is 0.00266. The van der Waals surface area contributed by atoms with Gasteiger partial charge < -0.3 is 4.74 Å². The summed E-state index contributed by atoms with van der Waals surface area (Å²) in [4.78, 5) is 26.4. The van der Waals surface area contributed by atoms with Gasteiger partial charge in [0.15, 0.2) is 0 Å². The number of benzene rings is 3. The van der Waals surface area contributed by atoms with Gasteiger partial charge in [0.25, 0.3) is 11.1 Å². The summed E-state index contributed by atoms with van der Waals surface area (Å²) in [7, 11) is 0. The maximum absolute atomic E-state index is 14.1. The molecule has 0 saturated carbocycles. The van der Waals surface area contributed by atoms with Crippen molar-refractivity contribution in [3.8, 4) is 5.75 Å². The van der Waals surface area contributed by atoms with Crippen molar-refractivity contribution >= 4 is 79.7 Å². The molecule has 3 aromatic rings. The van der Waals surface area contributed by atoms with Crippen LogP contribution in [0.4, 0.5) is 9.18 Å². The molecule has 3 aromatic carbocycles. The Bertz CT molecular complexity index is 1310. The predicted molar refractivity (Wildman–Crippen MR) is 138 cm³/mol. The molecule has 0 N–H and O–H groups in total. The Balaban J connectivity index is 1.48. The molecule has 0 aromatic heterocycles. The van der Waals surface area contributed by atoms with Crippen molar-refractivity contribution in [1.82, 2.24) is 4.90 Å². The van der Waals surface area contributed by atoms with Gasteiger partial charge in [0.2, 0.25) is 0 Å². The molecule has 0 aliphatic carbocycles. The van der Waals surface area contributed by atoms with Crippen LogP contribution in [0.2, 0.25) is 15.1 Å². The SMILES string of the molecule is O=C1S/C(=C/c2ccc(OCc3ccc(Cl)cc3Cl)c(Br)c2)C(=O)N1Cc1c(F)cccc1Cl. The van der Waals surface area contributed by atoms with Crippen LogP contribution in [0.5, 0.6) is 5.75 Å². The average molecular weight is 602 g/mol. The van der Waals surface area contributed by atoms with Gasteiger partial charge in [-0.25, -0.2) is 4.39 Å². The van der Waals surface area contributed by atoms with Crippen molar-refractivity contribution in [2.24, 2.45) is 0 Å². The number of nitrogens with zero attached hydrogens (tertiary/aromatic N) is 1. The largest absolute Gasteiger partial charge is 0.488 e. The van der Waals surface area contributed by atoms with E-state index in [1.807, 2.05) is 0 Å². The topological polar surface area (TPSA) is 46.6 Å². The molecule has 0 unspecified atom stereocenters. The summed E-state index contributed by atoms with van der Waals surface area (Å²) in [5, 5.41) is 0.713. The Kier molecular flexibility index (Phi) is 7.90. The Labute approximate surface area is 222 Å². The van der Waals surface area contributed by atoms with Crippen LogP contribution in [0, 0.1) is 5.82 Å². The van der Waals surface area contributed by atoms with Crippen molar-refractivity contribution in [2.45, 2.75) is 13.2 Å². The molecule has 1 aliphatic heterocycles. The molecular formula is C24H14BrCl3FNO3S. The standard InChI is InChI=1S/C24H14BrCl3FNO3S/c25-17-8-13(4-7-21(17)33-12-14-5-6-15(26)10-19(14)28)9-22-23(31)30(24(32)34-22)11-16-18(27)2-1-3-20(16)29/h1-10H,11-12H2/b22-9+. The van der Waals surface area contributed by atoms with Gasteiger partial charge in [-0.05, 0) is 75.7 Å². The quantitative estimate of drug-likeness (QED) is 0.267. The number of imide groups is 1. The van der Waals surface area contributed by atoms with Gasteiger partial charge in [0, 0.05) is 26.2 Å². The number of rotatable bonds is 6. The summed E-state index contributed by atoms with van der Waals surface area (Å²) in [5.41, 5.74) is 1.56. The second-order valence-electron chi connectivity index (χ2n) is 7.18. The minimum Gasteiger partial charge on any atom is -0.488 e. The minimum atomic E-state index is -0.574. The number of halogens is 5. The van der Waals surface area contributed by atoms with Crippen molar-refractivity contribution in [1.29, 1.82) is 0 Å². The van der Waals surface area contributed by atoms with Gasteiger partial charge >= 0.3 is 0 Å². The van der Waals surface area contributed by atoms with Crippen LogP contribution < -0.4 is 4.74 Å². The fraction of sp³-hybridized carbons (Fsp3) is 0.0833. The highest BCUT2D eigenvalue weighted by molar-refractivity contribution is 9.10. The van der Waals surface area contributed by atoms with Crippen molar-refractivity contribution < 1.29 is 18.7 Å². The number of hydrogen-bond acceptors (Lipinski definition) is 4. The number of thioether (sulfide) groups is 1. The van der Waals surface area contributed by atoms with Gasteiger partial charge in [-0.15, -0.1) is 0 Å². The van der Waals surface area contributed by atoms with Gasteiger partial charge in [-0.2, -0.15) is 0 Å². The highest BCUT2D eigenvalue weighted by Crippen LogP contribution is 2.36. The zero-order chi connectivity index (χ0) is 24.4. The fourth-order valence-corrected chi connectivity index (χ4v) is 5.18. The zero-order valence-corrected chi connectivity index (χ0v) is 21.8. The van der Waals surface area contributed by atoms with Crippen molar-refractivity contribution in [3.63, 3.8) is 0 Å². The Hall–Kier alpha value is -2.03. The first-order chi connectivity index (χ1) is 16.2. The van der Waals surface area contributed by atoms with Gasteiger partial charge in [0.05, 0.1) is 15.9 Å². The monoisotopic (exact) mass is 599 g/mol. The van der Waals surface area contributed by atoms with E-state index in [2.05, 4.69) is 15.9 Å². The lowest BCUT2D eigenvalue weighted by molar-refractivity contribution is -0.123. The first kappa shape index (κ1) is 25.1. The van der Waals surface area contributed by atoms with Crippen LogP contribution in [-0.4, -0.2) is 16.0 Å². The Morgan fingerprint density at radius 3 is 2.53 bits per heavy atom. The first-order valence-electron chi connectivity index (χ1n) is 9.77. The second-order valence-corrected chi connectivity index (χ2v) is 10.3. The van der Waals surface area contributed by atoms with Gasteiger partial charge in [-0.3, -0.25) is 14.5 Å². The van der Waals surface area contributed by atoms with E-state index < -0.39 is 17.0 Å². The van der Waals surface area contributed by atoms with Crippen LogP contribution in [-0.2, 0) is 17.9 Å². The van der Waals surface area contributed by atoms with E-state index in [1.165, 1.54) is 18.2 Å². The smallest absolute Gasteiger partial charge is 0.293 e. The predicted octanol–water partition coefficient (Wildman–Crippen LogP) is 8.36. The van der Waals surface area contributed by atoms with E-state index >= 15 is 0 Å². The number of carbonyl (C=O) groups is 2. The van der Waals surface area contributed by atoms with Crippen LogP contribution in [0.25, 0.3) is 6.08 Å². The Morgan fingerprint density at radius 1 is 1.03 bits per heavy atom. The summed E-state index contributed by atoms with van der Waals surface area (Å²) in [5.74, 6) is -0.511. The zero-order valence-electron chi connectivity index (χ0n) is 17.2. The molecule has 1 saturated heterocycles. The Morgan fingerprint density at radius 2 is 1.82 bits per heavy atom. The molecule has 1 fully saturated rings. The number of carbonyl (C=O) groups excluding carboxylic acids is 2. The first-order valence-corrected chi connectivity index (χ1v) is 12.5. The van der Waals surface area contributed by atoms with E-state index in [4.69, 9.17) is 39.5 Å². The average Bonchev–Trinajstić information content (AvgIpc) is 3.04. The van der Waals surface area contributed by atoms with Crippen LogP contribution in [0.15, 0.2) is 64.0 Å². The summed E-state index contributed by atoms with van der Waals surface area (Å²) < 4.78 is 20.6. The molecule has 0 radical (unpaired) electrons. The molecule has 1 heterocycles. The third-order valence-corrected chi connectivity index (χ3v) is 7.37. The number of hydrogen-bond donors (Lipinski definition) is 0. The molecule has 0 spiro atoms. The molecule has 4 rings (SSSR count). The van der Waals surface area contributed by atoms with E-state index in [0.29, 0.717) is 25.8 Å². The number of ether oxygens (including phenoxy) is 1. The summed E-state index contributed by atoms with van der Waals surface area (Å²) in [6, 6.07) is 14.6. The van der Waals surface area contributed by atoms with Crippen LogP contribution in [0.3, 0.4) is 0 Å². The van der Waals surface area contributed by atoms with Gasteiger partial charge in [0.1, 0.15) is 18.2 Å². The molecule has 0 bridgehead atoms. The lowest BCUT2D eigenvalue weighted by Gasteiger charge is -2.14. The normalized spacial score (nSPS) is 14.9. The molecule has 1 aliphatic rings. The third kappa shape index (κ3) is 5.61. The highest BCUT2D eigenvalue weighted by Gasteiger charge is 2.35. The lowest BCUT2D eigenvalue weighted by Crippen LogP contribution is -2.28. The van der Waals surface area contributed by atoms with E-state index in [1.54, 1.807) is 42.5 Å². The fourth-order valence-electron chi connectivity index (χ4n) is 3.15. The molecule has 4 nitrogen and oxygen atoms in total. The van der Waals surface area contributed by atoms with E-state index in [-0.39, 0.29) is 28.6 Å². The molecule has 10 heteroatoms. The molecule has 174 valence electrons. The minimum absolute atomic E-state index is 0.0951.